The van der Waals surface area contributed by atoms with Gasteiger partial charge in [-0.3, -0.25) is 10.1 Å². The Balaban J connectivity index is 1.54. The Morgan fingerprint density at radius 2 is 1.96 bits per heavy atom. The molecule has 1 aromatic heterocycles. The number of nitro groups is 1. The fourth-order valence-electron chi connectivity index (χ4n) is 3.43. The van der Waals surface area contributed by atoms with Gasteiger partial charge in [-0.2, -0.15) is 0 Å². The van der Waals surface area contributed by atoms with E-state index < -0.39 is 0 Å². The van der Waals surface area contributed by atoms with E-state index in [-0.39, 0.29) is 10.6 Å². The maximum Gasteiger partial charge on any atom is 0.287 e. The van der Waals surface area contributed by atoms with Crippen molar-refractivity contribution < 1.29 is 4.92 Å². The van der Waals surface area contributed by atoms with Crippen molar-refractivity contribution >= 4 is 11.5 Å². The number of hydrogen-bond donors (Lipinski definition) is 0. The first-order chi connectivity index (χ1) is 11.6. The van der Waals surface area contributed by atoms with Crippen LogP contribution in [-0.4, -0.2) is 23.0 Å². The Hall–Kier alpha value is -2.43. The van der Waals surface area contributed by atoms with E-state index in [1.165, 1.54) is 18.2 Å². The lowest BCUT2D eigenvalue weighted by Gasteiger charge is -2.33. The first-order valence-corrected chi connectivity index (χ1v) is 8.53. The van der Waals surface area contributed by atoms with Crippen LogP contribution in [0.1, 0.15) is 30.4 Å². The molecule has 5 heteroatoms. The molecule has 0 saturated carbocycles. The molecular formula is C19H23N3O2. The number of nitrogens with zero attached hydrogens (tertiary/aromatic N) is 3. The second-order valence-electron chi connectivity index (χ2n) is 6.55. The van der Waals surface area contributed by atoms with Crippen molar-refractivity contribution in [1.82, 2.24) is 4.98 Å². The van der Waals surface area contributed by atoms with Crippen LogP contribution in [0.15, 0.2) is 42.6 Å². The molecule has 3 rings (SSSR count). The average molecular weight is 325 g/mol. The highest BCUT2D eigenvalue weighted by molar-refractivity contribution is 5.50. The fraction of sp³-hybridized carbons (Fsp3) is 0.421. The highest BCUT2D eigenvalue weighted by atomic mass is 16.6. The van der Waals surface area contributed by atoms with E-state index in [2.05, 4.69) is 40.2 Å². The van der Waals surface area contributed by atoms with Gasteiger partial charge in [0.25, 0.3) is 5.69 Å². The van der Waals surface area contributed by atoms with E-state index in [4.69, 9.17) is 0 Å². The second-order valence-corrected chi connectivity index (χ2v) is 6.55. The average Bonchev–Trinajstić information content (AvgIpc) is 2.61. The fourth-order valence-corrected chi connectivity index (χ4v) is 3.43. The highest BCUT2D eigenvalue weighted by Crippen LogP contribution is 2.28. The third-order valence-electron chi connectivity index (χ3n) is 4.85. The molecule has 1 aliphatic rings. The van der Waals surface area contributed by atoms with E-state index >= 15 is 0 Å². The third-order valence-corrected chi connectivity index (χ3v) is 4.85. The molecule has 0 spiro atoms. The first kappa shape index (κ1) is 16.4. The number of pyridine rings is 1. The van der Waals surface area contributed by atoms with E-state index in [0.717, 1.165) is 49.7 Å². The van der Waals surface area contributed by atoms with Crippen molar-refractivity contribution in [3.8, 4) is 0 Å². The summed E-state index contributed by atoms with van der Waals surface area (Å²) in [4.78, 5) is 17.0. The Labute approximate surface area is 142 Å². The minimum Gasteiger partial charge on any atom is -0.356 e. The topological polar surface area (TPSA) is 59.3 Å². The molecule has 0 radical (unpaired) electrons. The van der Waals surface area contributed by atoms with Crippen molar-refractivity contribution in [1.29, 1.82) is 0 Å². The van der Waals surface area contributed by atoms with Crippen molar-refractivity contribution in [2.45, 2.75) is 32.6 Å². The van der Waals surface area contributed by atoms with Gasteiger partial charge in [0.15, 0.2) is 0 Å². The number of benzene rings is 1. The van der Waals surface area contributed by atoms with Crippen LogP contribution < -0.4 is 4.90 Å². The van der Waals surface area contributed by atoms with Crippen molar-refractivity contribution in [3.05, 3.63) is 63.8 Å². The molecule has 1 saturated heterocycles. The predicted molar refractivity (Wildman–Crippen MR) is 95.3 cm³/mol. The van der Waals surface area contributed by atoms with Gasteiger partial charge in [-0.25, -0.2) is 4.98 Å². The minimum absolute atomic E-state index is 0.0639. The molecule has 1 aliphatic heterocycles. The zero-order valence-electron chi connectivity index (χ0n) is 14.0. The Morgan fingerprint density at radius 1 is 1.25 bits per heavy atom. The van der Waals surface area contributed by atoms with Gasteiger partial charge >= 0.3 is 0 Å². The Bertz CT molecular complexity index is 695. The molecule has 1 aromatic carbocycles. The number of aryl methyl sites for hydroxylation is 2. The van der Waals surface area contributed by atoms with E-state index in [1.54, 1.807) is 6.07 Å². The monoisotopic (exact) mass is 325 g/mol. The van der Waals surface area contributed by atoms with E-state index in [0.29, 0.717) is 0 Å². The van der Waals surface area contributed by atoms with Crippen LogP contribution in [-0.2, 0) is 6.42 Å². The van der Waals surface area contributed by atoms with Gasteiger partial charge in [-0.1, -0.05) is 30.3 Å². The number of piperidine rings is 1. The minimum atomic E-state index is -0.389. The van der Waals surface area contributed by atoms with Gasteiger partial charge in [-0.15, -0.1) is 0 Å². The van der Waals surface area contributed by atoms with E-state index in [9.17, 15) is 10.1 Å². The summed E-state index contributed by atoms with van der Waals surface area (Å²) in [5, 5.41) is 10.8. The lowest BCUT2D eigenvalue weighted by molar-refractivity contribution is -0.385. The molecule has 1 fully saturated rings. The molecule has 0 unspecified atom stereocenters. The Kier molecular flexibility index (Phi) is 5.08. The molecular weight excluding hydrogens is 302 g/mol. The van der Waals surface area contributed by atoms with Crippen LogP contribution >= 0.6 is 0 Å². The highest BCUT2D eigenvalue weighted by Gasteiger charge is 2.22. The summed E-state index contributed by atoms with van der Waals surface area (Å²) < 4.78 is 0. The van der Waals surface area contributed by atoms with Gasteiger partial charge in [-0.05, 0) is 49.7 Å². The Morgan fingerprint density at radius 3 is 2.58 bits per heavy atom. The number of rotatable bonds is 5. The molecule has 0 N–H and O–H groups in total. The molecule has 24 heavy (non-hydrogen) atoms. The molecule has 126 valence electrons. The number of aromatic nitrogens is 1. The molecule has 0 atom stereocenters. The van der Waals surface area contributed by atoms with Gasteiger partial charge in [0.05, 0.1) is 4.92 Å². The molecule has 2 aromatic rings. The molecule has 5 nitrogen and oxygen atoms in total. The van der Waals surface area contributed by atoms with Gasteiger partial charge in [0, 0.05) is 19.2 Å². The van der Waals surface area contributed by atoms with Crippen LogP contribution in [0, 0.1) is 23.0 Å². The van der Waals surface area contributed by atoms with E-state index in [1.807, 2.05) is 6.92 Å². The largest absolute Gasteiger partial charge is 0.356 e. The van der Waals surface area contributed by atoms with Crippen LogP contribution in [0.2, 0.25) is 0 Å². The van der Waals surface area contributed by atoms with Crippen molar-refractivity contribution in [3.63, 3.8) is 0 Å². The van der Waals surface area contributed by atoms with Gasteiger partial charge in [0.1, 0.15) is 12.0 Å². The van der Waals surface area contributed by atoms with Crippen molar-refractivity contribution in [2.24, 2.45) is 5.92 Å². The molecule has 2 heterocycles. The maximum absolute atomic E-state index is 10.8. The SMILES string of the molecule is Cc1cc([N+](=O)[O-])cnc1N1CCC(CCc2ccccc2)CC1. The number of hydrogen-bond acceptors (Lipinski definition) is 4. The molecule has 0 bridgehead atoms. The molecule has 0 aliphatic carbocycles. The van der Waals surface area contributed by atoms with Crippen molar-refractivity contribution in [2.75, 3.05) is 18.0 Å². The van der Waals surface area contributed by atoms with Crippen LogP contribution in [0.5, 0.6) is 0 Å². The predicted octanol–water partition coefficient (Wildman–Crippen LogP) is 4.15. The summed E-state index contributed by atoms with van der Waals surface area (Å²) in [7, 11) is 0. The zero-order valence-corrected chi connectivity index (χ0v) is 14.0. The summed E-state index contributed by atoms with van der Waals surface area (Å²) in [5.74, 6) is 1.64. The first-order valence-electron chi connectivity index (χ1n) is 8.53. The summed E-state index contributed by atoms with van der Waals surface area (Å²) in [6.45, 7) is 3.85. The maximum atomic E-state index is 10.8. The van der Waals surface area contributed by atoms with Crippen LogP contribution in [0.4, 0.5) is 11.5 Å². The lowest BCUT2D eigenvalue weighted by Crippen LogP contribution is -2.34. The van der Waals surface area contributed by atoms with Crippen LogP contribution in [0.25, 0.3) is 0 Å². The quantitative estimate of drug-likeness (QED) is 0.612. The smallest absolute Gasteiger partial charge is 0.287 e. The summed E-state index contributed by atoms with van der Waals surface area (Å²) in [5.41, 5.74) is 2.36. The number of anilines is 1. The standard InChI is InChI=1S/C19H23N3O2/c1-15-13-18(22(23)24)14-20-19(15)21-11-9-17(10-12-21)8-7-16-5-3-2-4-6-16/h2-6,13-14,17H,7-12H2,1H3. The second kappa shape index (κ2) is 7.43. The summed E-state index contributed by atoms with van der Waals surface area (Å²) in [6, 6.07) is 12.3. The summed E-state index contributed by atoms with van der Waals surface area (Å²) in [6.07, 6.45) is 6.05. The van der Waals surface area contributed by atoms with Gasteiger partial charge < -0.3 is 4.90 Å². The van der Waals surface area contributed by atoms with Gasteiger partial charge in [0.2, 0.25) is 0 Å². The van der Waals surface area contributed by atoms with Crippen LogP contribution in [0.3, 0.4) is 0 Å². The normalized spacial score (nSPS) is 15.5. The lowest BCUT2D eigenvalue weighted by atomic mass is 9.90. The summed E-state index contributed by atoms with van der Waals surface area (Å²) >= 11 is 0. The molecule has 0 amide bonds. The third kappa shape index (κ3) is 3.91. The zero-order chi connectivity index (χ0) is 16.9.